The van der Waals surface area contributed by atoms with Crippen molar-refractivity contribution in [3.05, 3.63) is 0 Å². The Morgan fingerprint density at radius 1 is 1.06 bits per heavy atom. The summed E-state index contributed by atoms with van der Waals surface area (Å²) in [5.41, 5.74) is 0. The van der Waals surface area contributed by atoms with E-state index in [4.69, 9.17) is 10.1 Å². The van der Waals surface area contributed by atoms with Crippen LogP contribution in [0, 0.1) is 11.8 Å². The zero-order valence-corrected chi connectivity index (χ0v) is 9.87. The molecule has 0 spiro atoms. The second kappa shape index (κ2) is 8.72. The molecule has 8 nitrogen and oxygen atoms in total. The van der Waals surface area contributed by atoms with Crippen LogP contribution in [0.25, 0.3) is 0 Å². The molecule has 102 valence electrons. The van der Waals surface area contributed by atoms with Crippen molar-refractivity contribution in [1.29, 1.82) is 0 Å². The average Bonchev–Trinajstić information content (AvgIpc) is 2.33. The van der Waals surface area contributed by atoms with E-state index >= 15 is 0 Å². The monoisotopic (exact) mass is 254 g/mol. The van der Waals surface area contributed by atoms with E-state index in [-0.39, 0.29) is 6.10 Å². The van der Waals surface area contributed by atoms with Crippen molar-refractivity contribution >= 4 is 0 Å². The van der Waals surface area contributed by atoms with Crippen LogP contribution in [-0.2, 0) is 35.1 Å². The molecule has 0 heterocycles. The highest BCUT2D eigenvalue weighted by molar-refractivity contribution is 4.74. The van der Waals surface area contributed by atoms with E-state index in [9.17, 15) is 0 Å². The standard InChI is InChI=1S/C9H18O8/c1-7-4-3-5-9(6-7)8(2)11-13-15-17-16-14-12-10/h7-10H,3-6H2,1-2H3. The molecule has 1 rings (SSSR count). The third kappa shape index (κ3) is 6.24. The molecule has 1 aliphatic rings. The lowest BCUT2D eigenvalue weighted by Crippen LogP contribution is -2.26. The van der Waals surface area contributed by atoms with Crippen LogP contribution in [0.3, 0.4) is 0 Å². The van der Waals surface area contributed by atoms with Crippen molar-refractivity contribution in [2.75, 3.05) is 0 Å². The molecule has 0 aromatic heterocycles. The Bertz CT molecular complexity index is 190. The quantitative estimate of drug-likeness (QED) is 0.401. The summed E-state index contributed by atoms with van der Waals surface area (Å²) in [6, 6.07) is 0. The second-order valence-corrected chi connectivity index (χ2v) is 4.25. The molecule has 1 N–H and O–H groups in total. The van der Waals surface area contributed by atoms with Gasteiger partial charge in [0.05, 0.1) is 6.10 Å². The van der Waals surface area contributed by atoms with Gasteiger partial charge < -0.3 is 0 Å². The van der Waals surface area contributed by atoms with Crippen molar-refractivity contribution in [1.82, 2.24) is 0 Å². The minimum Gasteiger partial charge on any atom is -0.219 e. The first-order chi connectivity index (χ1) is 8.24. The molecule has 0 aromatic carbocycles. The predicted molar refractivity (Wildman–Crippen MR) is 50.8 cm³/mol. The topological polar surface area (TPSA) is 84.8 Å². The Kier molecular flexibility index (Phi) is 7.56. The summed E-state index contributed by atoms with van der Waals surface area (Å²) in [5, 5.41) is 29.8. The molecule has 1 fully saturated rings. The van der Waals surface area contributed by atoms with Crippen LogP contribution >= 0.6 is 0 Å². The van der Waals surface area contributed by atoms with Gasteiger partial charge in [0.2, 0.25) is 0 Å². The Labute approximate surface area is 98.7 Å². The molecule has 17 heavy (non-hydrogen) atoms. The summed E-state index contributed by atoms with van der Waals surface area (Å²) in [4.78, 5) is 4.92. The van der Waals surface area contributed by atoms with Crippen molar-refractivity contribution in [2.24, 2.45) is 11.8 Å². The minimum absolute atomic E-state index is 0.114. The van der Waals surface area contributed by atoms with E-state index < -0.39 is 0 Å². The van der Waals surface area contributed by atoms with Gasteiger partial charge in [0, 0.05) is 0 Å². The van der Waals surface area contributed by atoms with Gasteiger partial charge in [-0.05, 0) is 61.8 Å². The maximum atomic E-state index is 7.65. The normalized spacial score (nSPS) is 27.0. The Morgan fingerprint density at radius 2 is 1.76 bits per heavy atom. The van der Waals surface area contributed by atoms with Crippen molar-refractivity contribution in [3.63, 3.8) is 0 Å². The van der Waals surface area contributed by atoms with Gasteiger partial charge in [-0.15, -0.1) is 0 Å². The largest absolute Gasteiger partial charge is 0.219 e. The average molecular weight is 254 g/mol. The predicted octanol–water partition coefficient (Wildman–Crippen LogP) is 2.28. The van der Waals surface area contributed by atoms with Crippen molar-refractivity contribution in [2.45, 2.75) is 45.6 Å². The zero-order valence-electron chi connectivity index (χ0n) is 9.87. The van der Waals surface area contributed by atoms with Crippen LogP contribution in [-0.4, -0.2) is 11.4 Å². The zero-order chi connectivity index (χ0) is 12.5. The van der Waals surface area contributed by atoms with Crippen LogP contribution < -0.4 is 0 Å². The molecule has 1 saturated carbocycles. The molecule has 0 aromatic rings. The highest BCUT2D eigenvalue weighted by atomic mass is 17.9. The molecular formula is C9H18O8. The molecule has 0 bridgehead atoms. The molecule has 3 atom stereocenters. The van der Waals surface area contributed by atoms with Gasteiger partial charge in [0.1, 0.15) is 0 Å². The fourth-order valence-electron chi connectivity index (χ4n) is 2.11. The molecule has 1 aliphatic carbocycles. The lowest BCUT2D eigenvalue weighted by Gasteiger charge is -2.29. The summed E-state index contributed by atoms with van der Waals surface area (Å²) >= 11 is 0. The van der Waals surface area contributed by atoms with E-state index in [1.54, 1.807) is 0 Å². The summed E-state index contributed by atoms with van der Waals surface area (Å²) in [7, 11) is 0. The highest BCUT2D eigenvalue weighted by Gasteiger charge is 2.25. The van der Waals surface area contributed by atoms with E-state index in [1.165, 1.54) is 12.8 Å². The lowest BCUT2D eigenvalue weighted by molar-refractivity contribution is -0.813. The van der Waals surface area contributed by atoms with Crippen LogP contribution in [0.1, 0.15) is 39.5 Å². The maximum absolute atomic E-state index is 7.65. The Morgan fingerprint density at radius 3 is 2.47 bits per heavy atom. The van der Waals surface area contributed by atoms with E-state index in [0.29, 0.717) is 11.8 Å². The van der Waals surface area contributed by atoms with Gasteiger partial charge >= 0.3 is 0 Å². The molecular weight excluding hydrogens is 236 g/mol. The smallest absolute Gasteiger partial charge is 0.0962 e. The van der Waals surface area contributed by atoms with E-state index in [2.05, 4.69) is 37.2 Å². The van der Waals surface area contributed by atoms with E-state index in [0.717, 1.165) is 12.8 Å². The first kappa shape index (κ1) is 14.7. The maximum Gasteiger partial charge on any atom is 0.0962 e. The highest BCUT2D eigenvalue weighted by Crippen LogP contribution is 2.31. The van der Waals surface area contributed by atoms with Gasteiger partial charge in [-0.2, -0.15) is 0 Å². The van der Waals surface area contributed by atoms with Crippen molar-refractivity contribution < 1.29 is 40.4 Å². The molecule has 8 heteroatoms. The van der Waals surface area contributed by atoms with Crippen LogP contribution in [0.2, 0.25) is 0 Å². The lowest BCUT2D eigenvalue weighted by atomic mass is 9.80. The number of hydrogen-bond acceptors (Lipinski definition) is 8. The third-order valence-corrected chi connectivity index (χ3v) is 2.97. The van der Waals surface area contributed by atoms with Gasteiger partial charge in [0.25, 0.3) is 0 Å². The van der Waals surface area contributed by atoms with Gasteiger partial charge in [0.15, 0.2) is 0 Å². The Balaban J connectivity index is 2.02. The third-order valence-electron chi connectivity index (χ3n) is 2.97. The molecule has 0 radical (unpaired) electrons. The van der Waals surface area contributed by atoms with Crippen LogP contribution in [0.5, 0.6) is 0 Å². The first-order valence-electron chi connectivity index (χ1n) is 5.54. The van der Waals surface area contributed by atoms with Crippen LogP contribution in [0.4, 0.5) is 0 Å². The van der Waals surface area contributed by atoms with Gasteiger partial charge in [-0.1, -0.05) is 19.8 Å². The Hall–Kier alpha value is -0.320. The minimum atomic E-state index is -0.114. The fraction of sp³-hybridized carbons (Fsp3) is 1.00. The fourth-order valence-corrected chi connectivity index (χ4v) is 2.11. The second-order valence-electron chi connectivity index (χ2n) is 4.25. The van der Waals surface area contributed by atoms with E-state index in [1.807, 2.05) is 6.92 Å². The van der Waals surface area contributed by atoms with Gasteiger partial charge in [-0.25, -0.2) is 10.1 Å². The van der Waals surface area contributed by atoms with Crippen molar-refractivity contribution in [3.8, 4) is 0 Å². The number of rotatable bonds is 8. The summed E-state index contributed by atoms with van der Waals surface area (Å²) in [5.74, 6) is 1.13. The number of hydrogen-bond donors (Lipinski definition) is 1. The summed E-state index contributed by atoms with van der Waals surface area (Å²) in [6.45, 7) is 4.11. The molecule has 0 amide bonds. The SMILES string of the molecule is CC1CCCC(C(C)OOOOOOOO)C1. The van der Waals surface area contributed by atoms with Gasteiger partial charge in [-0.3, -0.25) is 0 Å². The summed E-state index contributed by atoms with van der Waals surface area (Å²) < 4.78 is 0. The summed E-state index contributed by atoms with van der Waals surface area (Å²) in [6.07, 6.45) is 4.55. The van der Waals surface area contributed by atoms with Crippen LogP contribution in [0.15, 0.2) is 0 Å². The molecule has 3 unspecified atom stereocenters. The molecule has 0 aliphatic heterocycles. The first-order valence-corrected chi connectivity index (χ1v) is 5.54. The molecule has 0 saturated heterocycles.